The van der Waals surface area contributed by atoms with Crippen molar-refractivity contribution in [1.29, 1.82) is 0 Å². The summed E-state index contributed by atoms with van der Waals surface area (Å²) in [6.45, 7) is 2.74. The Morgan fingerprint density at radius 2 is 2.35 bits per heavy atom. The van der Waals surface area contributed by atoms with Crippen molar-refractivity contribution in [1.82, 2.24) is 10.3 Å². The molecule has 0 aliphatic carbocycles. The van der Waals surface area contributed by atoms with Gasteiger partial charge in [0.1, 0.15) is 0 Å². The molecule has 2 rings (SSSR count). The molecule has 0 radical (unpaired) electrons. The summed E-state index contributed by atoms with van der Waals surface area (Å²) in [7, 11) is 0. The first-order valence-corrected chi connectivity index (χ1v) is 8.29. The summed E-state index contributed by atoms with van der Waals surface area (Å²) in [4.78, 5) is 27.2. The van der Waals surface area contributed by atoms with Crippen LogP contribution in [0.1, 0.15) is 25.0 Å². The molecule has 20 heavy (non-hydrogen) atoms. The fourth-order valence-corrected chi connectivity index (χ4v) is 3.85. The van der Waals surface area contributed by atoms with Crippen LogP contribution in [0.15, 0.2) is 4.21 Å². The van der Waals surface area contributed by atoms with E-state index < -0.39 is 0 Å². The first-order valence-electron chi connectivity index (χ1n) is 6.49. The van der Waals surface area contributed by atoms with Crippen LogP contribution in [0.4, 0.5) is 5.13 Å². The molecule has 1 fully saturated rings. The molecule has 1 aromatic rings. The first-order chi connectivity index (χ1) is 9.56. The van der Waals surface area contributed by atoms with E-state index in [-0.39, 0.29) is 23.6 Å². The number of thiazole rings is 1. The summed E-state index contributed by atoms with van der Waals surface area (Å²) in [5.41, 5.74) is 5.93. The zero-order chi connectivity index (χ0) is 14.5. The van der Waals surface area contributed by atoms with Crippen molar-refractivity contribution in [2.24, 2.45) is 5.73 Å². The maximum absolute atomic E-state index is 12.1. The van der Waals surface area contributed by atoms with Crippen LogP contribution >= 0.6 is 23.1 Å². The van der Waals surface area contributed by atoms with E-state index in [4.69, 9.17) is 5.73 Å². The minimum Gasteiger partial charge on any atom is -0.369 e. The Morgan fingerprint density at radius 1 is 1.55 bits per heavy atom. The van der Waals surface area contributed by atoms with Crippen molar-refractivity contribution < 1.29 is 9.59 Å². The van der Waals surface area contributed by atoms with Crippen LogP contribution < -0.4 is 16.4 Å². The van der Waals surface area contributed by atoms with Crippen LogP contribution in [-0.2, 0) is 9.59 Å². The number of hydrogen-bond donors (Lipinski definition) is 3. The van der Waals surface area contributed by atoms with Crippen LogP contribution in [0.5, 0.6) is 0 Å². The number of anilines is 1. The molecular formula is C12H18N4O2S2. The van der Waals surface area contributed by atoms with Gasteiger partial charge < -0.3 is 16.4 Å². The van der Waals surface area contributed by atoms with Crippen molar-refractivity contribution >= 4 is 40.0 Å². The Kier molecular flexibility index (Phi) is 5.38. The molecule has 4 N–H and O–H groups in total. The summed E-state index contributed by atoms with van der Waals surface area (Å²) < 4.78 is 0.913. The Bertz CT molecular complexity index is 498. The first kappa shape index (κ1) is 15.3. The van der Waals surface area contributed by atoms with Crippen molar-refractivity contribution in [2.45, 2.75) is 36.4 Å². The van der Waals surface area contributed by atoms with E-state index in [2.05, 4.69) is 15.6 Å². The van der Waals surface area contributed by atoms with E-state index in [1.807, 2.05) is 6.92 Å². The smallest absolute Gasteiger partial charge is 0.243 e. The maximum atomic E-state index is 12.1. The van der Waals surface area contributed by atoms with Gasteiger partial charge in [-0.05, 0) is 26.3 Å². The Balaban J connectivity index is 1.93. The molecule has 1 aromatic heterocycles. The van der Waals surface area contributed by atoms with Crippen LogP contribution in [0.2, 0.25) is 0 Å². The average molecular weight is 314 g/mol. The summed E-state index contributed by atoms with van der Waals surface area (Å²) >= 11 is 2.73. The highest BCUT2D eigenvalue weighted by atomic mass is 32.2. The highest BCUT2D eigenvalue weighted by Crippen LogP contribution is 2.31. The summed E-state index contributed by atoms with van der Waals surface area (Å²) in [6, 6.07) is -0.130. The fraction of sp³-hybridized carbons (Fsp3) is 0.583. The van der Waals surface area contributed by atoms with Gasteiger partial charge in [-0.2, -0.15) is 0 Å². The predicted molar refractivity (Wildman–Crippen MR) is 81.0 cm³/mol. The SMILES string of the molecule is Cc1nc(NC(=O)C2CCCCN2)sc1SCC(N)=O. The van der Waals surface area contributed by atoms with Crippen molar-refractivity contribution in [2.75, 3.05) is 17.6 Å². The topological polar surface area (TPSA) is 97.1 Å². The molecule has 1 aliphatic heterocycles. The Labute approximate surface area is 125 Å². The van der Waals surface area contributed by atoms with Gasteiger partial charge in [-0.3, -0.25) is 9.59 Å². The lowest BCUT2D eigenvalue weighted by molar-refractivity contribution is -0.118. The number of piperidine rings is 1. The number of carbonyl (C=O) groups is 2. The Hall–Kier alpha value is -1.12. The van der Waals surface area contributed by atoms with E-state index in [0.717, 1.165) is 35.7 Å². The normalized spacial score (nSPS) is 18.8. The predicted octanol–water partition coefficient (Wildman–Crippen LogP) is 1.11. The molecule has 2 heterocycles. The third-order valence-corrected chi connectivity index (χ3v) is 5.41. The summed E-state index contributed by atoms with van der Waals surface area (Å²) in [5, 5.41) is 6.61. The van der Waals surface area contributed by atoms with Crippen LogP contribution in [0.3, 0.4) is 0 Å². The number of nitrogens with two attached hydrogens (primary N) is 1. The number of thioether (sulfide) groups is 1. The number of rotatable bonds is 5. The highest BCUT2D eigenvalue weighted by Gasteiger charge is 2.21. The lowest BCUT2D eigenvalue weighted by Crippen LogP contribution is -2.43. The fourth-order valence-electron chi connectivity index (χ4n) is 1.97. The molecule has 2 amide bonds. The van der Waals surface area contributed by atoms with Crippen LogP contribution in [0.25, 0.3) is 0 Å². The molecule has 0 spiro atoms. The zero-order valence-corrected chi connectivity index (χ0v) is 12.9. The van der Waals surface area contributed by atoms with Crippen molar-refractivity contribution in [3.63, 3.8) is 0 Å². The quantitative estimate of drug-likeness (QED) is 0.707. The minimum atomic E-state index is -0.361. The molecule has 0 saturated carbocycles. The van der Waals surface area contributed by atoms with Gasteiger partial charge in [-0.25, -0.2) is 4.98 Å². The van der Waals surface area contributed by atoms with E-state index in [1.54, 1.807) is 0 Å². The van der Waals surface area contributed by atoms with Gasteiger partial charge in [0.25, 0.3) is 0 Å². The van der Waals surface area contributed by atoms with E-state index in [1.165, 1.54) is 23.1 Å². The molecule has 1 atom stereocenters. The number of nitrogens with zero attached hydrogens (tertiary/aromatic N) is 1. The number of carbonyl (C=O) groups excluding carboxylic acids is 2. The number of nitrogens with one attached hydrogen (secondary N) is 2. The number of primary amides is 1. The standard InChI is InChI=1S/C12H18N4O2S2/c1-7-11(19-6-9(13)17)20-12(15-7)16-10(18)8-4-2-3-5-14-8/h8,14H,2-6H2,1H3,(H2,13,17)(H,15,16,18). The average Bonchev–Trinajstić information content (AvgIpc) is 2.77. The summed E-state index contributed by atoms with van der Waals surface area (Å²) in [5.74, 6) is -0.176. The second-order valence-electron chi connectivity index (χ2n) is 4.64. The molecule has 110 valence electrons. The largest absolute Gasteiger partial charge is 0.369 e. The molecule has 1 unspecified atom stereocenters. The van der Waals surface area contributed by atoms with Crippen molar-refractivity contribution in [3.05, 3.63) is 5.69 Å². The lowest BCUT2D eigenvalue weighted by atomic mass is 10.0. The zero-order valence-electron chi connectivity index (χ0n) is 11.3. The van der Waals surface area contributed by atoms with Crippen molar-refractivity contribution in [3.8, 4) is 0 Å². The van der Waals surface area contributed by atoms with E-state index in [9.17, 15) is 9.59 Å². The Morgan fingerprint density at radius 3 is 3.00 bits per heavy atom. The monoisotopic (exact) mass is 314 g/mol. The van der Waals surface area contributed by atoms with Gasteiger partial charge in [0, 0.05) is 0 Å². The molecule has 1 aliphatic rings. The van der Waals surface area contributed by atoms with Gasteiger partial charge >= 0.3 is 0 Å². The molecule has 0 bridgehead atoms. The van der Waals surface area contributed by atoms with Gasteiger partial charge in [0.05, 0.1) is 21.7 Å². The number of hydrogen-bond acceptors (Lipinski definition) is 6. The van der Waals surface area contributed by atoms with Crippen LogP contribution in [-0.4, -0.2) is 35.1 Å². The minimum absolute atomic E-state index is 0.0371. The lowest BCUT2D eigenvalue weighted by Gasteiger charge is -2.21. The third-order valence-electron chi connectivity index (χ3n) is 2.96. The van der Waals surface area contributed by atoms with Gasteiger partial charge in [-0.15, -0.1) is 11.8 Å². The number of aryl methyl sites for hydroxylation is 1. The summed E-state index contributed by atoms with van der Waals surface area (Å²) in [6.07, 6.45) is 3.05. The maximum Gasteiger partial charge on any atom is 0.243 e. The molecular weight excluding hydrogens is 296 g/mol. The third kappa shape index (κ3) is 4.19. The second-order valence-corrected chi connectivity index (χ2v) is 6.88. The number of amides is 2. The van der Waals surface area contributed by atoms with Gasteiger partial charge in [-0.1, -0.05) is 17.8 Å². The van der Waals surface area contributed by atoms with Crippen LogP contribution in [0, 0.1) is 6.92 Å². The van der Waals surface area contributed by atoms with E-state index in [0.29, 0.717) is 5.13 Å². The van der Waals surface area contributed by atoms with E-state index >= 15 is 0 Å². The second kappa shape index (κ2) is 7.05. The number of aromatic nitrogens is 1. The molecule has 8 heteroatoms. The van der Waals surface area contributed by atoms with Gasteiger partial charge in [0.15, 0.2) is 5.13 Å². The molecule has 0 aromatic carbocycles. The highest BCUT2D eigenvalue weighted by molar-refractivity contribution is 8.01. The molecule has 1 saturated heterocycles. The molecule has 6 nitrogen and oxygen atoms in total. The van der Waals surface area contributed by atoms with Gasteiger partial charge in [0.2, 0.25) is 11.8 Å².